The molecule has 0 amide bonds. The number of esters is 1. The minimum Gasteiger partial charge on any atom is -0.463 e. The molecule has 1 aromatic rings. The highest BCUT2D eigenvalue weighted by Crippen LogP contribution is 2.23. The Morgan fingerprint density at radius 2 is 2.33 bits per heavy atom. The minimum atomic E-state index is -0.440. The van der Waals surface area contributed by atoms with Gasteiger partial charge in [-0.15, -0.1) is 0 Å². The van der Waals surface area contributed by atoms with E-state index in [9.17, 15) is 4.79 Å². The van der Waals surface area contributed by atoms with Crippen LogP contribution in [0.25, 0.3) is 0 Å². The molecule has 1 rings (SSSR count). The Kier molecular flexibility index (Phi) is 6.29. The summed E-state index contributed by atoms with van der Waals surface area (Å²) < 4.78 is 10.1. The molecule has 0 aliphatic heterocycles. The van der Waals surface area contributed by atoms with Crippen LogP contribution in [0.4, 0.5) is 0 Å². The number of carbonyl (C=O) groups is 1. The molecule has 1 atom stereocenters. The van der Waals surface area contributed by atoms with Gasteiger partial charge in [0, 0.05) is 24.3 Å². The van der Waals surface area contributed by atoms with Gasteiger partial charge in [-0.1, -0.05) is 13.8 Å². The molecule has 1 heterocycles. The van der Waals surface area contributed by atoms with Crippen LogP contribution in [0.2, 0.25) is 0 Å². The number of thioether (sulfide) groups is 1. The Morgan fingerprint density at radius 1 is 1.61 bits per heavy atom. The molecule has 102 valence electrons. The van der Waals surface area contributed by atoms with Crippen LogP contribution in [-0.2, 0) is 16.9 Å². The van der Waals surface area contributed by atoms with Gasteiger partial charge in [-0.3, -0.25) is 0 Å². The SMILES string of the molecule is CCc1oc(C(=O)OC)cc1CSCC(C)CO. The fraction of sp³-hybridized carbons (Fsp3) is 0.615. The first-order valence-electron chi connectivity index (χ1n) is 6.00. The van der Waals surface area contributed by atoms with Gasteiger partial charge in [0.2, 0.25) is 5.76 Å². The normalized spacial score (nSPS) is 12.4. The van der Waals surface area contributed by atoms with E-state index in [2.05, 4.69) is 4.74 Å². The number of furan rings is 1. The van der Waals surface area contributed by atoms with Crippen LogP contribution in [0, 0.1) is 5.92 Å². The third-order valence-corrected chi connectivity index (χ3v) is 3.90. The van der Waals surface area contributed by atoms with E-state index in [1.807, 2.05) is 13.8 Å². The van der Waals surface area contributed by atoms with Crippen LogP contribution in [0.3, 0.4) is 0 Å². The Balaban J connectivity index is 2.64. The van der Waals surface area contributed by atoms with E-state index in [0.717, 1.165) is 29.3 Å². The lowest BCUT2D eigenvalue weighted by Gasteiger charge is -2.06. The second-order valence-electron chi connectivity index (χ2n) is 4.21. The molecule has 0 bridgehead atoms. The molecule has 4 nitrogen and oxygen atoms in total. The fourth-order valence-corrected chi connectivity index (χ4v) is 2.60. The number of aliphatic hydroxyl groups excluding tert-OH is 1. The van der Waals surface area contributed by atoms with Crippen LogP contribution in [-0.4, -0.2) is 30.5 Å². The van der Waals surface area contributed by atoms with Gasteiger partial charge >= 0.3 is 5.97 Å². The summed E-state index contributed by atoms with van der Waals surface area (Å²) in [7, 11) is 1.34. The fourth-order valence-electron chi connectivity index (χ4n) is 1.51. The van der Waals surface area contributed by atoms with Crippen molar-refractivity contribution >= 4 is 17.7 Å². The predicted octanol–water partition coefficient (Wildman–Crippen LogP) is 2.49. The first kappa shape index (κ1) is 15.1. The number of rotatable bonds is 7. The Morgan fingerprint density at radius 3 is 2.89 bits per heavy atom. The molecule has 0 aromatic carbocycles. The maximum atomic E-state index is 11.4. The maximum Gasteiger partial charge on any atom is 0.373 e. The van der Waals surface area contributed by atoms with Crippen LogP contribution < -0.4 is 0 Å². The molecule has 1 aromatic heterocycles. The van der Waals surface area contributed by atoms with Crippen molar-refractivity contribution in [3.8, 4) is 0 Å². The lowest BCUT2D eigenvalue weighted by atomic mass is 10.2. The van der Waals surface area contributed by atoms with Crippen LogP contribution in [0.5, 0.6) is 0 Å². The van der Waals surface area contributed by atoms with E-state index in [1.54, 1.807) is 17.8 Å². The first-order chi connectivity index (χ1) is 8.62. The molecule has 1 unspecified atom stereocenters. The number of ether oxygens (including phenoxy) is 1. The average molecular weight is 272 g/mol. The molecular formula is C13H20O4S. The Labute approximate surface area is 112 Å². The molecule has 0 saturated carbocycles. The van der Waals surface area contributed by atoms with E-state index < -0.39 is 5.97 Å². The van der Waals surface area contributed by atoms with E-state index in [1.165, 1.54) is 7.11 Å². The second kappa shape index (κ2) is 7.48. The quantitative estimate of drug-likeness (QED) is 0.773. The van der Waals surface area contributed by atoms with E-state index in [4.69, 9.17) is 9.52 Å². The maximum absolute atomic E-state index is 11.4. The first-order valence-corrected chi connectivity index (χ1v) is 7.16. The highest BCUT2D eigenvalue weighted by atomic mass is 32.2. The van der Waals surface area contributed by atoms with Crippen molar-refractivity contribution in [3.05, 3.63) is 23.2 Å². The van der Waals surface area contributed by atoms with Crippen LogP contribution >= 0.6 is 11.8 Å². The van der Waals surface area contributed by atoms with Crippen LogP contribution in [0.15, 0.2) is 10.5 Å². The van der Waals surface area contributed by atoms with Crippen molar-refractivity contribution in [1.82, 2.24) is 0 Å². The zero-order chi connectivity index (χ0) is 13.5. The van der Waals surface area contributed by atoms with Gasteiger partial charge < -0.3 is 14.3 Å². The summed E-state index contributed by atoms with van der Waals surface area (Å²) in [5.74, 6) is 2.61. The average Bonchev–Trinajstić information content (AvgIpc) is 2.80. The number of aliphatic hydroxyl groups is 1. The highest BCUT2D eigenvalue weighted by Gasteiger charge is 2.16. The summed E-state index contributed by atoms with van der Waals surface area (Å²) >= 11 is 1.73. The van der Waals surface area contributed by atoms with Crippen molar-refractivity contribution in [2.45, 2.75) is 26.0 Å². The molecule has 18 heavy (non-hydrogen) atoms. The van der Waals surface area contributed by atoms with Crippen molar-refractivity contribution in [1.29, 1.82) is 0 Å². The molecule has 0 aliphatic carbocycles. The minimum absolute atomic E-state index is 0.201. The van der Waals surface area contributed by atoms with Crippen LogP contribution in [0.1, 0.15) is 35.7 Å². The van der Waals surface area contributed by atoms with E-state index in [-0.39, 0.29) is 18.3 Å². The van der Waals surface area contributed by atoms with Gasteiger partial charge in [0.1, 0.15) is 5.76 Å². The van der Waals surface area contributed by atoms with Gasteiger partial charge in [0.15, 0.2) is 0 Å². The summed E-state index contributed by atoms with van der Waals surface area (Å²) in [5.41, 5.74) is 1.04. The molecule has 0 radical (unpaired) electrons. The zero-order valence-corrected chi connectivity index (χ0v) is 11.9. The number of aryl methyl sites for hydroxylation is 1. The lowest BCUT2D eigenvalue weighted by Crippen LogP contribution is -2.03. The van der Waals surface area contributed by atoms with E-state index >= 15 is 0 Å². The zero-order valence-electron chi connectivity index (χ0n) is 11.1. The van der Waals surface area contributed by atoms with Crippen molar-refractivity contribution in [3.63, 3.8) is 0 Å². The molecule has 5 heteroatoms. The summed E-state index contributed by atoms with van der Waals surface area (Å²) in [5, 5.41) is 8.95. The Bertz CT molecular complexity index is 386. The molecule has 0 saturated heterocycles. The van der Waals surface area contributed by atoms with Gasteiger partial charge in [-0.25, -0.2) is 4.79 Å². The van der Waals surface area contributed by atoms with E-state index in [0.29, 0.717) is 0 Å². The smallest absolute Gasteiger partial charge is 0.373 e. The highest BCUT2D eigenvalue weighted by molar-refractivity contribution is 7.98. The standard InChI is InChI=1S/C13H20O4S/c1-4-11-10(8-18-7-9(2)6-14)5-12(17-11)13(15)16-3/h5,9,14H,4,6-8H2,1-3H3. The summed E-state index contributed by atoms with van der Waals surface area (Å²) in [6.07, 6.45) is 0.752. The third kappa shape index (κ3) is 4.07. The molecular weight excluding hydrogens is 252 g/mol. The van der Waals surface area contributed by atoms with Crippen molar-refractivity contribution < 1.29 is 19.1 Å². The van der Waals surface area contributed by atoms with Gasteiger partial charge in [0.05, 0.1) is 7.11 Å². The van der Waals surface area contributed by atoms with Gasteiger partial charge in [-0.05, 0) is 17.7 Å². The molecule has 0 spiro atoms. The van der Waals surface area contributed by atoms with Crippen molar-refractivity contribution in [2.24, 2.45) is 5.92 Å². The predicted molar refractivity (Wildman–Crippen MR) is 71.8 cm³/mol. The van der Waals surface area contributed by atoms with Gasteiger partial charge in [-0.2, -0.15) is 11.8 Å². The Hall–Kier alpha value is -0.940. The molecule has 1 N–H and O–H groups in total. The number of hydrogen-bond acceptors (Lipinski definition) is 5. The number of carbonyl (C=O) groups excluding carboxylic acids is 1. The molecule has 0 fully saturated rings. The summed E-state index contributed by atoms with van der Waals surface area (Å²) in [6.45, 7) is 4.19. The largest absolute Gasteiger partial charge is 0.463 e. The summed E-state index contributed by atoms with van der Waals surface area (Å²) in [6, 6.07) is 1.75. The summed E-state index contributed by atoms with van der Waals surface area (Å²) in [4.78, 5) is 11.4. The van der Waals surface area contributed by atoms with Crippen molar-refractivity contribution in [2.75, 3.05) is 19.5 Å². The van der Waals surface area contributed by atoms with Gasteiger partial charge in [0.25, 0.3) is 0 Å². The lowest BCUT2D eigenvalue weighted by molar-refractivity contribution is 0.0563. The second-order valence-corrected chi connectivity index (χ2v) is 5.24. The number of hydrogen-bond donors (Lipinski definition) is 1. The topological polar surface area (TPSA) is 59.7 Å². The molecule has 0 aliphatic rings. The monoisotopic (exact) mass is 272 g/mol. The number of methoxy groups -OCH3 is 1. The third-order valence-electron chi connectivity index (χ3n) is 2.58.